The van der Waals surface area contributed by atoms with E-state index in [1.807, 2.05) is 14.7 Å². The molecular weight excluding hydrogens is 424 g/mol. The van der Waals surface area contributed by atoms with Crippen molar-refractivity contribution in [2.75, 3.05) is 65.4 Å². The van der Waals surface area contributed by atoms with E-state index in [-0.39, 0.29) is 11.6 Å². The van der Waals surface area contributed by atoms with E-state index in [2.05, 4.69) is 27.7 Å². The molecule has 0 saturated carbocycles. The van der Waals surface area contributed by atoms with E-state index in [4.69, 9.17) is 0 Å². The highest BCUT2D eigenvalue weighted by Crippen LogP contribution is 2.33. The fourth-order valence-corrected chi connectivity index (χ4v) is 4.92. The van der Waals surface area contributed by atoms with Crippen LogP contribution < -0.4 is 0 Å². The predicted octanol–water partition coefficient (Wildman–Crippen LogP) is 4.18. The number of Topliss-reactive ketones (excluding diaryl/α,β-unsaturated/α-hetero) is 1. The van der Waals surface area contributed by atoms with Crippen LogP contribution in [0, 0.1) is 0 Å². The van der Waals surface area contributed by atoms with Crippen LogP contribution in [0.2, 0.25) is 0 Å². The average molecular weight is 474 g/mol. The van der Waals surface area contributed by atoms with Crippen molar-refractivity contribution in [3.05, 3.63) is 23.2 Å². The maximum atomic E-state index is 12.4. The molecule has 0 spiro atoms. The quantitative estimate of drug-likeness (QED) is 0.203. The summed E-state index contributed by atoms with van der Waals surface area (Å²) in [6.45, 7) is 20.4. The topological polar surface area (TPSA) is 43.2 Å². The minimum absolute atomic E-state index is 0.00546. The number of hydrogen-bond acceptors (Lipinski definition) is 5. The molecule has 0 aromatic carbocycles. The summed E-state index contributed by atoms with van der Waals surface area (Å²) < 4.78 is 1.42. The lowest BCUT2D eigenvalue weighted by Gasteiger charge is -2.39. The monoisotopic (exact) mass is 473 g/mol. The molecule has 3 aliphatic heterocycles. The van der Waals surface area contributed by atoms with Crippen LogP contribution in [0.25, 0.3) is 0 Å². The van der Waals surface area contributed by atoms with E-state index in [1.165, 1.54) is 88.1 Å². The molecule has 3 heterocycles. The minimum atomic E-state index is 0.00546. The number of ketones is 2. The van der Waals surface area contributed by atoms with Crippen LogP contribution in [0.3, 0.4) is 0 Å². The first-order chi connectivity index (χ1) is 16.5. The third kappa shape index (κ3) is 7.34. The Bertz CT molecular complexity index is 723. The van der Waals surface area contributed by atoms with Crippen LogP contribution in [-0.4, -0.2) is 96.2 Å². The van der Waals surface area contributed by atoms with Crippen molar-refractivity contribution in [3.63, 3.8) is 0 Å². The van der Waals surface area contributed by atoms with Gasteiger partial charge in [0, 0.05) is 45.3 Å². The maximum absolute atomic E-state index is 12.4. The van der Waals surface area contributed by atoms with Crippen molar-refractivity contribution in [3.8, 4) is 0 Å². The molecule has 6 nitrogen and oxygen atoms in total. The molecule has 1 aliphatic carbocycles. The van der Waals surface area contributed by atoms with Crippen molar-refractivity contribution in [2.24, 2.45) is 0 Å². The Kier molecular flexibility index (Phi) is 10.0. The molecule has 0 aromatic heterocycles. The molecule has 0 N–H and O–H groups in total. The summed E-state index contributed by atoms with van der Waals surface area (Å²) in [7, 11) is 0. The largest absolute Gasteiger partial charge is 0.365 e. The van der Waals surface area contributed by atoms with E-state index in [0.717, 1.165) is 39.3 Å². The van der Waals surface area contributed by atoms with Crippen LogP contribution >= 0.6 is 0 Å². The number of allylic oxidation sites excluding steroid dienone is 1. The van der Waals surface area contributed by atoms with Gasteiger partial charge in [0.15, 0.2) is 0 Å². The molecule has 6 heteroatoms. The van der Waals surface area contributed by atoms with Crippen molar-refractivity contribution >= 4 is 11.6 Å². The van der Waals surface area contributed by atoms with E-state index < -0.39 is 0 Å². The second-order valence-electron chi connectivity index (χ2n) is 10.5. The number of carbonyl (C=O) groups excluding carboxylic acids is 2. The number of rotatable bonds is 15. The zero-order chi connectivity index (χ0) is 24.6. The van der Waals surface area contributed by atoms with Crippen LogP contribution in [0.5, 0.6) is 0 Å². The van der Waals surface area contributed by atoms with Gasteiger partial charge in [-0.3, -0.25) is 9.59 Å². The smallest absolute Gasteiger partial charge is 0.227 e. The van der Waals surface area contributed by atoms with Gasteiger partial charge in [0.25, 0.3) is 0 Å². The lowest BCUT2D eigenvalue weighted by molar-refractivity contribution is -0.929. The molecule has 0 unspecified atom stereocenters. The van der Waals surface area contributed by atoms with E-state index in [9.17, 15) is 9.59 Å². The second-order valence-corrected chi connectivity index (χ2v) is 10.5. The number of unbranched alkanes of at least 4 members (excludes halogenated alkanes) is 4. The molecule has 0 aromatic rings. The Labute approximate surface area is 208 Å². The zero-order valence-corrected chi connectivity index (χ0v) is 22.4. The molecule has 34 heavy (non-hydrogen) atoms. The fraction of sp³-hybridized carbons (Fsp3) is 0.786. The molecular formula is C28H49N4O2+. The lowest BCUT2D eigenvalue weighted by Crippen LogP contribution is -2.50. The predicted molar refractivity (Wildman–Crippen MR) is 139 cm³/mol. The summed E-state index contributed by atoms with van der Waals surface area (Å²) in [5, 5.41) is 0. The molecule has 3 saturated heterocycles. The molecule has 0 amide bonds. The van der Waals surface area contributed by atoms with Gasteiger partial charge < -0.3 is 19.2 Å². The van der Waals surface area contributed by atoms with Gasteiger partial charge in [0.2, 0.25) is 11.6 Å². The highest BCUT2D eigenvalue weighted by Gasteiger charge is 2.43. The summed E-state index contributed by atoms with van der Waals surface area (Å²) in [4.78, 5) is 30.5. The minimum Gasteiger partial charge on any atom is -0.365 e. The van der Waals surface area contributed by atoms with Crippen LogP contribution in [0.1, 0.15) is 79.1 Å². The Morgan fingerprint density at radius 2 is 1.00 bits per heavy atom. The Morgan fingerprint density at radius 3 is 1.35 bits per heavy atom. The van der Waals surface area contributed by atoms with Crippen molar-refractivity contribution in [1.82, 2.24) is 14.7 Å². The van der Waals surface area contributed by atoms with Crippen molar-refractivity contribution in [1.29, 1.82) is 0 Å². The van der Waals surface area contributed by atoms with Crippen molar-refractivity contribution < 1.29 is 14.1 Å². The van der Waals surface area contributed by atoms with Gasteiger partial charge in [-0.15, -0.1) is 0 Å². The Morgan fingerprint density at radius 1 is 0.618 bits per heavy atom. The van der Waals surface area contributed by atoms with E-state index >= 15 is 0 Å². The van der Waals surface area contributed by atoms with Gasteiger partial charge in [-0.25, -0.2) is 0 Å². The van der Waals surface area contributed by atoms with Gasteiger partial charge in [0.1, 0.15) is 11.4 Å². The summed E-state index contributed by atoms with van der Waals surface area (Å²) in [6.07, 6.45) is 12.6. The normalized spacial score (nSPS) is 19.3. The first-order valence-corrected chi connectivity index (χ1v) is 14.1. The standard InChI is InChI=1S/C16H36N.C12H13N3O2/c1-5-9-13-17(14-10-6-2,15-11-7-3)16-12-8-4;16-9-7-8(13-1-2-13)12(17)11(15-5-6-15)10(9)14-3-4-14/h5-16H2,1-4H3;7H,1-6H2/q+1;. The number of quaternary nitrogens is 1. The van der Waals surface area contributed by atoms with Gasteiger partial charge in [-0.2, -0.15) is 0 Å². The number of carbonyl (C=O) groups is 2. The summed E-state index contributed by atoms with van der Waals surface area (Å²) in [5.74, 6) is 0.0485. The molecule has 0 bridgehead atoms. The van der Waals surface area contributed by atoms with Crippen LogP contribution in [-0.2, 0) is 9.59 Å². The maximum Gasteiger partial charge on any atom is 0.227 e. The van der Waals surface area contributed by atoms with Gasteiger partial charge in [-0.05, 0) is 25.7 Å². The highest BCUT2D eigenvalue weighted by atomic mass is 16.1. The van der Waals surface area contributed by atoms with Crippen LogP contribution in [0.4, 0.5) is 0 Å². The number of nitrogens with zero attached hydrogens (tertiary/aromatic N) is 4. The SMILES string of the molecule is CCCC[N+](CCCC)(CCCC)CCCC.O=C1C=C(N2CC2)C(=O)C(N2CC2)=C1N1CC1. The van der Waals surface area contributed by atoms with Crippen molar-refractivity contribution in [2.45, 2.75) is 79.1 Å². The third-order valence-electron chi connectivity index (χ3n) is 7.43. The van der Waals surface area contributed by atoms with Gasteiger partial charge >= 0.3 is 0 Å². The molecule has 3 fully saturated rings. The Balaban J connectivity index is 0.000000191. The molecule has 0 atom stereocenters. The summed E-state index contributed by atoms with van der Waals surface area (Å²) in [5.41, 5.74) is 1.89. The number of hydrogen-bond donors (Lipinski definition) is 0. The summed E-state index contributed by atoms with van der Waals surface area (Å²) in [6, 6.07) is 0. The first-order valence-electron chi connectivity index (χ1n) is 14.1. The molecule has 0 radical (unpaired) electrons. The van der Waals surface area contributed by atoms with E-state index in [1.54, 1.807) is 0 Å². The molecule has 4 aliphatic rings. The molecule has 4 rings (SSSR count). The molecule has 192 valence electrons. The summed E-state index contributed by atoms with van der Waals surface area (Å²) >= 11 is 0. The van der Waals surface area contributed by atoms with E-state index in [0.29, 0.717) is 17.1 Å². The first kappa shape index (κ1) is 26.8. The lowest BCUT2D eigenvalue weighted by atomic mass is 10.0. The van der Waals surface area contributed by atoms with Gasteiger partial charge in [0.05, 0.1) is 31.9 Å². The highest BCUT2D eigenvalue weighted by molar-refractivity contribution is 6.22. The van der Waals surface area contributed by atoms with Crippen LogP contribution in [0.15, 0.2) is 23.2 Å². The third-order valence-corrected chi connectivity index (χ3v) is 7.43. The van der Waals surface area contributed by atoms with Gasteiger partial charge in [-0.1, -0.05) is 53.4 Å². The second kappa shape index (κ2) is 12.8. The fourth-order valence-electron chi connectivity index (χ4n) is 4.92. The Hall–Kier alpha value is -1.82. The average Bonchev–Trinajstić information content (AvgIpc) is 3.68. The zero-order valence-electron chi connectivity index (χ0n) is 22.4.